The summed E-state index contributed by atoms with van der Waals surface area (Å²) in [5, 5.41) is 12.3. The van der Waals surface area contributed by atoms with E-state index in [0.29, 0.717) is 5.92 Å². The van der Waals surface area contributed by atoms with E-state index in [0.717, 1.165) is 22.3 Å². The molecule has 1 aliphatic carbocycles. The molecule has 0 radical (unpaired) electrons. The van der Waals surface area contributed by atoms with Gasteiger partial charge in [0.15, 0.2) is 0 Å². The van der Waals surface area contributed by atoms with Gasteiger partial charge in [-0.2, -0.15) is 0 Å². The van der Waals surface area contributed by atoms with E-state index < -0.39 is 5.60 Å². The van der Waals surface area contributed by atoms with Crippen LogP contribution in [0, 0.1) is 5.92 Å². The zero-order chi connectivity index (χ0) is 20.6. The molecule has 1 nitrogen and oxygen atoms in total. The Morgan fingerprint density at radius 1 is 0.667 bits per heavy atom. The smallest absolute Gasteiger partial charge is 0.141 e. The Labute approximate surface area is 195 Å². The molecule has 1 atom stereocenters. The van der Waals surface area contributed by atoms with Crippen molar-refractivity contribution in [1.82, 2.24) is 0 Å². The number of hydrogen-bond acceptors (Lipinski definition) is 1. The van der Waals surface area contributed by atoms with Gasteiger partial charge in [-0.05, 0) is 54.2 Å². The minimum absolute atomic E-state index is 0. The molecule has 4 rings (SSSR count). The summed E-state index contributed by atoms with van der Waals surface area (Å²) in [6.45, 7) is 8.90. The van der Waals surface area contributed by atoms with Gasteiger partial charge in [-0.1, -0.05) is 97.4 Å². The summed E-state index contributed by atoms with van der Waals surface area (Å²) in [4.78, 5) is 0. The van der Waals surface area contributed by atoms with E-state index in [1.165, 1.54) is 22.3 Å². The molecule has 2 heteroatoms. The second-order valence-electron chi connectivity index (χ2n) is 8.06. The van der Waals surface area contributed by atoms with Gasteiger partial charge < -0.3 is 5.11 Å². The molecule has 0 saturated heterocycles. The van der Waals surface area contributed by atoms with Crippen LogP contribution in [0.2, 0.25) is 0 Å². The quantitative estimate of drug-likeness (QED) is 0.361. The van der Waals surface area contributed by atoms with E-state index in [9.17, 15) is 5.11 Å². The number of hydrogen-bond donors (Lipinski definition) is 1. The first kappa shape index (κ1) is 22.5. The summed E-state index contributed by atoms with van der Waals surface area (Å²) < 4.78 is 0. The van der Waals surface area contributed by atoms with Crippen molar-refractivity contribution in [3.63, 3.8) is 0 Å². The molecular formula is C28H28OTi. The fourth-order valence-corrected chi connectivity index (χ4v) is 4.67. The monoisotopic (exact) mass is 428 g/mol. The van der Waals surface area contributed by atoms with Crippen LogP contribution in [-0.4, -0.2) is 5.11 Å². The summed E-state index contributed by atoms with van der Waals surface area (Å²) in [6.07, 6.45) is 0. The second-order valence-corrected chi connectivity index (χ2v) is 8.06. The third-order valence-electron chi connectivity index (χ3n) is 6.63. The first-order valence-corrected chi connectivity index (χ1v) is 10.3. The van der Waals surface area contributed by atoms with Gasteiger partial charge in [0.1, 0.15) is 5.60 Å². The topological polar surface area (TPSA) is 20.2 Å². The summed E-state index contributed by atoms with van der Waals surface area (Å²) in [7, 11) is 0. The molecule has 0 aromatic heterocycles. The van der Waals surface area contributed by atoms with Gasteiger partial charge in [0.2, 0.25) is 0 Å². The van der Waals surface area contributed by atoms with Crippen LogP contribution < -0.4 is 0 Å². The first-order valence-electron chi connectivity index (χ1n) is 10.3. The fourth-order valence-electron chi connectivity index (χ4n) is 4.67. The molecule has 0 fully saturated rings. The molecule has 0 spiro atoms. The van der Waals surface area contributed by atoms with Gasteiger partial charge >= 0.3 is 0 Å². The minimum Gasteiger partial charge on any atom is -0.376 e. The van der Waals surface area contributed by atoms with Gasteiger partial charge in [-0.3, -0.25) is 0 Å². The summed E-state index contributed by atoms with van der Waals surface area (Å²) in [5.74, 6) is 0.340. The molecule has 1 N–H and O–H groups in total. The van der Waals surface area contributed by atoms with Crippen molar-refractivity contribution in [3.8, 4) is 0 Å². The van der Waals surface area contributed by atoms with Crippen LogP contribution in [0.3, 0.4) is 0 Å². The van der Waals surface area contributed by atoms with Gasteiger partial charge in [-0.25, -0.2) is 0 Å². The van der Waals surface area contributed by atoms with Crippen LogP contribution in [0.15, 0.2) is 102 Å². The van der Waals surface area contributed by atoms with E-state index in [1.54, 1.807) is 0 Å². The van der Waals surface area contributed by atoms with E-state index in [2.05, 4.69) is 45.9 Å². The summed E-state index contributed by atoms with van der Waals surface area (Å²) in [5.41, 5.74) is 8.02. The van der Waals surface area contributed by atoms with Crippen molar-refractivity contribution in [2.75, 3.05) is 0 Å². The molecule has 3 aromatic rings. The Kier molecular flexibility index (Phi) is 6.67. The van der Waals surface area contributed by atoms with Gasteiger partial charge in [0.05, 0.1) is 0 Å². The summed E-state index contributed by atoms with van der Waals surface area (Å²) >= 11 is 0. The van der Waals surface area contributed by atoms with E-state index in [4.69, 9.17) is 0 Å². The van der Waals surface area contributed by atoms with Gasteiger partial charge in [-0.15, -0.1) is 0 Å². The first-order chi connectivity index (χ1) is 14.0. The standard InChI is InChI=1S/C28H28O.Ti/c1-19-20(2)22(4)27(21(19)3)25-17-11-12-18-26(25)28(29,23-13-7-5-8-14-23)24-15-9-6-10-16-24;/h5-18,21,29H,1-4H3;. The maximum atomic E-state index is 12.3. The normalized spacial score (nSPS) is 16.6. The Bertz CT molecular complexity index is 1050. The Balaban J connectivity index is 0.00000256. The minimum atomic E-state index is -1.23. The Morgan fingerprint density at radius 2 is 1.13 bits per heavy atom. The Hall–Kier alpha value is -2.19. The van der Waals surface area contributed by atoms with E-state index >= 15 is 0 Å². The largest absolute Gasteiger partial charge is 0.376 e. The van der Waals surface area contributed by atoms with Crippen molar-refractivity contribution in [2.45, 2.75) is 33.3 Å². The van der Waals surface area contributed by atoms with Crippen LogP contribution >= 0.6 is 0 Å². The molecule has 0 bridgehead atoms. The molecule has 1 unspecified atom stereocenters. The molecule has 3 aromatic carbocycles. The van der Waals surface area contributed by atoms with Crippen LogP contribution in [0.1, 0.15) is 49.9 Å². The van der Waals surface area contributed by atoms with Crippen LogP contribution in [0.4, 0.5) is 0 Å². The average Bonchev–Trinajstić information content (AvgIpc) is 2.97. The van der Waals surface area contributed by atoms with Crippen LogP contribution in [0.5, 0.6) is 0 Å². The molecule has 0 heterocycles. The number of aliphatic hydroxyl groups is 1. The Morgan fingerprint density at radius 3 is 1.60 bits per heavy atom. The van der Waals surface area contributed by atoms with Crippen LogP contribution in [-0.2, 0) is 27.3 Å². The predicted molar refractivity (Wildman–Crippen MR) is 122 cm³/mol. The predicted octanol–water partition coefficient (Wildman–Crippen LogP) is 6.73. The molecule has 1 aliphatic rings. The third-order valence-corrected chi connectivity index (χ3v) is 6.63. The third kappa shape index (κ3) is 3.56. The average molecular weight is 428 g/mol. The van der Waals surface area contributed by atoms with E-state index in [-0.39, 0.29) is 21.7 Å². The fraction of sp³-hybridized carbons (Fsp3) is 0.214. The number of rotatable bonds is 4. The zero-order valence-corrected chi connectivity index (χ0v) is 19.7. The molecule has 0 saturated carbocycles. The van der Waals surface area contributed by atoms with E-state index in [1.807, 2.05) is 66.7 Å². The second kappa shape index (κ2) is 8.90. The van der Waals surface area contributed by atoms with Crippen LogP contribution in [0.25, 0.3) is 5.57 Å². The molecule has 30 heavy (non-hydrogen) atoms. The van der Waals surface area contributed by atoms with Gasteiger partial charge in [0.25, 0.3) is 0 Å². The maximum absolute atomic E-state index is 12.3. The molecule has 150 valence electrons. The van der Waals surface area contributed by atoms with Crippen molar-refractivity contribution in [2.24, 2.45) is 5.92 Å². The SMILES string of the molecule is CC1=C(C)C(C)C(c2ccccc2C(O)(c2ccccc2)c2ccccc2)=C1C.[Ti]. The summed E-state index contributed by atoms with van der Waals surface area (Å²) in [6, 6.07) is 28.3. The molecule has 0 amide bonds. The van der Waals surface area contributed by atoms with Crippen molar-refractivity contribution >= 4 is 5.57 Å². The number of benzene rings is 3. The van der Waals surface area contributed by atoms with Crippen molar-refractivity contribution in [1.29, 1.82) is 0 Å². The van der Waals surface area contributed by atoms with Gasteiger partial charge in [0, 0.05) is 33.2 Å². The zero-order valence-electron chi connectivity index (χ0n) is 18.1. The molecule has 0 aliphatic heterocycles. The maximum Gasteiger partial charge on any atom is 0.141 e. The van der Waals surface area contributed by atoms with Crippen molar-refractivity contribution in [3.05, 3.63) is 124 Å². The molecular weight excluding hydrogens is 400 g/mol. The van der Waals surface area contributed by atoms with Crippen molar-refractivity contribution < 1.29 is 26.8 Å². The number of allylic oxidation sites excluding steroid dienone is 4.